The van der Waals surface area contributed by atoms with Crippen LogP contribution in [0.5, 0.6) is 5.75 Å². The van der Waals surface area contributed by atoms with E-state index in [4.69, 9.17) is 5.11 Å². The third kappa shape index (κ3) is 2.95. The van der Waals surface area contributed by atoms with Crippen molar-refractivity contribution in [2.75, 3.05) is 4.31 Å². The molecule has 2 N–H and O–H groups in total. The van der Waals surface area contributed by atoms with Gasteiger partial charge in [0.2, 0.25) is 0 Å². The van der Waals surface area contributed by atoms with Gasteiger partial charge in [-0.1, -0.05) is 25.1 Å². The van der Waals surface area contributed by atoms with Gasteiger partial charge in [-0.25, -0.2) is 13.2 Å². The Morgan fingerprint density at radius 1 is 1.24 bits per heavy atom. The first-order valence-electron chi connectivity index (χ1n) is 8.05. The molecule has 0 aromatic heterocycles. The molecular formula is C18H19NO5S. The number of sulfonamides is 1. The van der Waals surface area contributed by atoms with Gasteiger partial charge in [-0.3, -0.25) is 4.31 Å². The Balaban J connectivity index is 2.16. The first-order chi connectivity index (χ1) is 11.9. The van der Waals surface area contributed by atoms with Crippen LogP contribution in [0.4, 0.5) is 5.69 Å². The summed E-state index contributed by atoms with van der Waals surface area (Å²) in [6, 6.07) is 10.5. The highest BCUT2D eigenvalue weighted by atomic mass is 32.2. The van der Waals surface area contributed by atoms with E-state index >= 15 is 0 Å². The molecule has 0 spiro atoms. The number of benzene rings is 2. The van der Waals surface area contributed by atoms with Crippen molar-refractivity contribution in [3.8, 4) is 5.75 Å². The molecular weight excluding hydrogens is 342 g/mol. The van der Waals surface area contributed by atoms with Crippen LogP contribution in [0.15, 0.2) is 47.4 Å². The molecule has 0 amide bonds. The van der Waals surface area contributed by atoms with Gasteiger partial charge in [-0.15, -0.1) is 0 Å². The van der Waals surface area contributed by atoms with Gasteiger partial charge in [0, 0.05) is 6.04 Å². The maximum absolute atomic E-state index is 13.3. The second kappa shape index (κ2) is 6.40. The van der Waals surface area contributed by atoms with Crippen molar-refractivity contribution in [2.45, 2.75) is 37.1 Å². The zero-order chi connectivity index (χ0) is 18.2. The lowest BCUT2D eigenvalue weighted by atomic mass is 9.97. The standard InChI is InChI=1S/C18H19NO5S/c1-2-13-8-7-12-5-3-4-6-16(12)19(13)25(23,24)14-9-10-17(20)15(11-14)18(21)22/h3-6,9-11,13,20H,2,7-8H2,1H3,(H,21,22). The molecule has 1 heterocycles. The van der Waals surface area contributed by atoms with Crippen LogP contribution in [0.2, 0.25) is 0 Å². The minimum absolute atomic E-state index is 0.141. The number of carboxylic acid groups (broad SMARTS) is 1. The van der Waals surface area contributed by atoms with Crippen LogP contribution >= 0.6 is 0 Å². The van der Waals surface area contributed by atoms with Crippen molar-refractivity contribution in [3.05, 3.63) is 53.6 Å². The van der Waals surface area contributed by atoms with Gasteiger partial charge in [-0.05, 0) is 49.1 Å². The van der Waals surface area contributed by atoms with Gasteiger partial charge >= 0.3 is 5.97 Å². The van der Waals surface area contributed by atoms with Crippen LogP contribution in [0.25, 0.3) is 0 Å². The first kappa shape index (κ1) is 17.3. The molecule has 7 heteroatoms. The molecule has 25 heavy (non-hydrogen) atoms. The summed E-state index contributed by atoms with van der Waals surface area (Å²) in [5, 5.41) is 18.8. The van der Waals surface area contributed by atoms with Crippen molar-refractivity contribution in [3.63, 3.8) is 0 Å². The number of hydrogen-bond acceptors (Lipinski definition) is 4. The van der Waals surface area contributed by atoms with Crippen molar-refractivity contribution in [2.24, 2.45) is 0 Å². The molecule has 0 saturated carbocycles. The molecule has 1 atom stereocenters. The summed E-state index contributed by atoms with van der Waals surface area (Å²) >= 11 is 0. The molecule has 2 aromatic carbocycles. The number of hydrogen-bond donors (Lipinski definition) is 2. The van der Waals surface area contributed by atoms with Crippen molar-refractivity contribution >= 4 is 21.7 Å². The molecule has 6 nitrogen and oxygen atoms in total. The minimum Gasteiger partial charge on any atom is -0.507 e. The second-order valence-electron chi connectivity index (χ2n) is 6.01. The lowest BCUT2D eigenvalue weighted by Crippen LogP contribution is -2.43. The number of para-hydroxylation sites is 1. The summed E-state index contributed by atoms with van der Waals surface area (Å²) in [5.41, 5.74) is 1.15. The monoisotopic (exact) mass is 361 g/mol. The van der Waals surface area contributed by atoms with Crippen LogP contribution in [0.1, 0.15) is 35.7 Å². The number of aromatic carboxylic acids is 1. The van der Waals surface area contributed by atoms with Crippen LogP contribution in [0.3, 0.4) is 0 Å². The average Bonchev–Trinajstić information content (AvgIpc) is 2.60. The normalized spacial score (nSPS) is 17.2. The maximum Gasteiger partial charge on any atom is 0.339 e. The fourth-order valence-electron chi connectivity index (χ4n) is 3.23. The van der Waals surface area contributed by atoms with Gasteiger partial charge in [0.05, 0.1) is 10.6 Å². The highest BCUT2D eigenvalue weighted by Crippen LogP contribution is 2.37. The van der Waals surface area contributed by atoms with Crippen LogP contribution in [-0.2, 0) is 16.4 Å². The van der Waals surface area contributed by atoms with Crippen molar-refractivity contribution in [1.82, 2.24) is 0 Å². The van der Waals surface area contributed by atoms with E-state index in [1.807, 2.05) is 19.1 Å². The molecule has 1 unspecified atom stereocenters. The minimum atomic E-state index is -3.95. The summed E-state index contributed by atoms with van der Waals surface area (Å²) in [4.78, 5) is 11.1. The fourth-order valence-corrected chi connectivity index (χ4v) is 5.05. The Labute approximate surface area is 146 Å². The SMILES string of the molecule is CCC1CCc2ccccc2N1S(=O)(=O)c1ccc(O)c(C(=O)O)c1. The van der Waals surface area contributed by atoms with Crippen LogP contribution < -0.4 is 4.31 Å². The number of carboxylic acids is 1. The van der Waals surface area contributed by atoms with E-state index in [-0.39, 0.29) is 10.9 Å². The summed E-state index contributed by atoms with van der Waals surface area (Å²) in [5.74, 6) is -1.84. The number of aromatic hydroxyl groups is 1. The Morgan fingerprint density at radius 2 is 1.96 bits per heavy atom. The summed E-state index contributed by atoms with van der Waals surface area (Å²) in [6.07, 6.45) is 2.16. The summed E-state index contributed by atoms with van der Waals surface area (Å²) in [6.45, 7) is 1.93. The zero-order valence-corrected chi connectivity index (χ0v) is 14.5. The number of anilines is 1. The summed E-state index contributed by atoms with van der Waals surface area (Å²) < 4.78 is 27.9. The molecule has 0 fully saturated rings. The van der Waals surface area contributed by atoms with Gasteiger partial charge in [0.25, 0.3) is 10.0 Å². The lowest BCUT2D eigenvalue weighted by molar-refractivity contribution is 0.0693. The van der Waals surface area contributed by atoms with E-state index in [1.165, 1.54) is 10.4 Å². The molecule has 132 valence electrons. The zero-order valence-electron chi connectivity index (χ0n) is 13.7. The largest absolute Gasteiger partial charge is 0.507 e. The van der Waals surface area contributed by atoms with Crippen molar-refractivity contribution in [1.29, 1.82) is 0 Å². The Kier molecular flexibility index (Phi) is 4.43. The molecule has 3 rings (SSSR count). The summed E-state index contributed by atoms with van der Waals surface area (Å²) in [7, 11) is -3.95. The lowest BCUT2D eigenvalue weighted by Gasteiger charge is -2.37. The number of aryl methyl sites for hydroxylation is 1. The van der Waals surface area contributed by atoms with E-state index in [1.54, 1.807) is 12.1 Å². The Morgan fingerprint density at radius 3 is 2.64 bits per heavy atom. The Hall–Kier alpha value is -2.54. The third-order valence-electron chi connectivity index (χ3n) is 4.53. The molecule has 0 aliphatic carbocycles. The highest BCUT2D eigenvalue weighted by molar-refractivity contribution is 7.92. The molecule has 0 saturated heterocycles. The van der Waals surface area contributed by atoms with Gasteiger partial charge in [0.15, 0.2) is 0 Å². The van der Waals surface area contributed by atoms with E-state index in [2.05, 4.69) is 0 Å². The van der Waals surface area contributed by atoms with Crippen LogP contribution in [0, 0.1) is 0 Å². The second-order valence-corrected chi connectivity index (χ2v) is 7.83. The number of carbonyl (C=O) groups is 1. The topological polar surface area (TPSA) is 94.9 Å². The first-order valence-corrected chi connectivity index (χ1v) is 9.49. The number of fused-ring (bicyclic) bond motifs is 1. The molecule has 0 radical (unpaired) electrons. The molecule has 2 aromatic rings. The molecule has 1 aliphatic rings. The van der Waals surface area contributed by atoms with Crippen LogP contribution in [-0.4, -0.2) is 30.6 Å². The van der Waals surface area contributed by atoms with E-state index in [9.17, 15) is 18.3 Å². The predicted molar refractivity (Wildman–Crippen MR) is 93.6 cm³/mol. The smallest absolute Gasteiger partial charge is 0.339 e. The van der Waals surface area contributed by atoms with Crippen molar-refractivity contribution < 1.29 is 23.4 Å². The number of rotatable bonds is 4. The average molecular weight is 361 g/mol. The highest BCUT2D eigenvalue weighted by Gasteiger charge is 2.35. The van der Waals surface area contributed by atoms with E-state index in [0.717, 1.165) is 24.1 Å². The number of phenols is 1. The number of nitrogens with zero attached hydrogens (tertiary/aromatic N) is 1. The van der Waals surface area contributed by atoms with Gasteiger partial charge in [-0.2, -0.15) is 0 Å². The predicted octanol–water partition coefficient (Wildman–Crippen LogP) is 3.01. The van der Waals surface area contributed by atoms with E-state index < -0.39 is 27.3 Å². The third-order valence-corrected chi connectivity index (χ3v) is 6.40. The van der Waals surface area contributed by atoms with Gasteiger partial charge in [0.1, 0.15) is 11.3 Å². The Bertz CT molecular complexity index is 923. The molecule has 0 bridgehead atoms. The quantitative estimate of drug-likeness (QED) is 0.873. The van der Waals surface area contributed by atoms with Gasteiger partial charge < -0.3 is 10.2 Å². The fraction of sp³-hybridized carbons (Fsp3) is 0.278. The maximum atomic E-state index is 13.3. The van der Waals surface area contributed by atoms with E-state index in [0.29, 0.717) is 18.5 Å². The molecule has 1 aliphatic heterocycles.